The lowest BCUT2D eigenvalue weighted by atomic mass is 9.90. The van der Waals surface area contributed by atoms with Crippen molar-refractivity contribution in [3.63, 3.8) is 0 Å². The van der Waals surface area contributed by atoms with Gasteiger partial charge in [0.15, 0.2) is 17.6 Å². The van der Waals surface area contributed by atoms with Crippen LogP contribution in [0.25, 0.3) is 10.9 Å². The second kappa shape index (κ2) is 8.49. The van der Waals surface area contributed by atoms with E-state index in [1.807, 2.05) is 42.5 Å². The van der Waals surface area contributed by atoms with Gasteiger partial charge in [-0.3, -0.25) is 9.78 Å². The number of hydrogen-bond acceptors (Lipinski definition) is 6. The molecule has 1 aromatic heterocycles. The standard InChI is InChI=1S/C25H24N2O5/c1-15(24(28)26-13-16-10-11-21-22(12-16)31-14-30-21)32-25(29)23-17-6-2-4-8-19(17)27-20-9-5-3-7-18(20)23/h2,4,6,8,10-12,15H,3,5,7,9,13-14H2,1H3,(H,26,28). The molecule has 0 spiro atoms. The minimum atomic E-state index is -0.928. The van der Waals surface area contributed by atoms with Crippen LogP contribution in [0.2, 0.25) is 0 Å². The van der Waals surface area contributed by atoms with Gasteiger partial charge in [0, 0.05) is 17.6 Å². The molecule has 5 rings (SSSR count). The van der Waals surface area contributed by atoms with Gasteiger partial charge in [-0.1, -0.05) is 24.3 Å². The summed E-state index contributed by atoms with van der Waals surface area (Å²) >= 11 is 0. The number of pyridine rings is 1. The van der Waals surface area contributed by atoms with Gasteiger partial charge in [-0.05, 0) is 61.9 Å². The van der Waals surface area contributed by atoms with Crippen molar-refractivity contribution in [2.45, 2.75) is 45.3 Å². The molecule has 2 aliphatic rings. The smallest absolute Gasteiger partial charge is 0.339 e. The fourth-order valence-electron chi connectivity index (χ4n) is 4.26. The summed E-state index contributed by atoms with van der Waals surface area (Å²) in [6, 6.07) is 13.1. The number of aryl methyl sites for hydroxylation is 1. The van der Waals surface area contributed by atoms with Crippen molar-refractivity contribution in [1.29, 1.82) is 0 Å². The topological polar surface area (TPSA) is 86.8 Å². The third-order valence-electron chi connectivity index (χ3n) is 5.93. The number of carbonyl (C=O) groups is 2. The summed E-state index contributed by atoms with van der Waals surface area (Å²) in [6.07, 6.45) is 2.79. The molecule has 164 valence electrons. The molecule has 32 heavy (non-hydrogen) atoms. The van der Waals surface area contributed by atoms with Crippen molar-refractivity contribution >= 4 is 22.8 Å². The molecule has 3 aromatic rings. The van der Waals surface area contributed by atoms with Crippen molar-refractivity contribution in [3.8, 4) is 11.5 Å². The SMILES string of the molecule is CC(OC(=O)c1c2c(nc3ccccc13)CCCC2)C(=O)NCc1ccc2c(c1)OCO2. The summed E-state index contributed by atoms with van der Waals surface area (Å²) < 4.78 is 16.3. The van der Waals surface area contributed by atoms with E-state index in [0.29, 0.717) is 23.6 Å². The number of esters is 1. The van der Waals surface area contributed by atoms with E-state index < -0.39 is 12.1 Å². The fourth-order valence-corrected chi connectivity index (χ4v) is 4.26. The first kappa shape index (κ1) is 20.3. The van der Waals surface area contributed by atoms with E-state index in [1.165, 1.54) is 0 Å². The Hall–Kier alpha value is -3.61. The van der Waals surface area contributed by atoms with Gasteiger partial charge < -0.3 is 19.5 Å². The Balaban J connectivity index is 1.30. The molecule has 1 amide bonds. The molecule has 2 aromatic carbocycles. The lowest BCUT2D eigenvalue weighted by Gasteiger charge is -2.21. The maximum Gasteiger partial charge on any atom is 0.339 e. The molecule has 0 saturated carbocycles. The first-order valence-corrected chi connectivity index (χ1v) is 10.9. The molecule has 2 heterocycles. The number of fused-ring (bicyclic) bond motifs is 3. The maximum absolute atomic E-state index is 13.2. The zero-order chi connectivity index (χ0) is 22.1. The number of aromatic nitrogens is 1. The zero-order valence-corrected chi connectivity index (χ0v) is 17.8. The molecule has 1 atom stereocenters. The van der Waals surface area contributed by atoms with Crippen LogP contribution in [0.4, 0.5) is 0 Å². The van der Waals surface area contributed by atoms with Gasteiger partial charge in [0.2, 0.25) is 6.79 Å². The number of nitrogens with one attached hydrogen (secondary N) is 1. The van der Waals surface area contributed by atoms with E-state index in [2.05, 4.69) is 5.32 Å². The molecule has 0 radical (unpaired) electrons. The molecular formula is C25H24N2O5. The number of hydrogen-bond donors (Lipinski definition) is 1. The minimum Gasteiger partial charge on any atom is -0.454 e. The Labute approximate surface area is 185 Å². The Kier molecular flexibility index (Phi) is 5.39. The lowest BCUT2D eigenvalue weighted by Crippen LogP contribution is -2.35. The van der Waals surface area contributed by atoms with Crippen LogP contribution in [0.15, 0.2) is 42.5 Å². The predicted octanol–water partition coefficient (Wildman–Crippen LogP) is 3.70. The number of rotatable bonds is 5. The van der Waals surface area contributed by atoms with Gasteiger partial charge in [0.05, 0.1) is 11.1 Å². The molecular weight excluding hydrogens is 408 g/mol. The van der Waals surface area contributed by atoms with Gasteiger partial charge in [0.1, 0.15) is 0 Å². The molecule has 7 heteroatoms. The van der Waals surface area contributed by atoms with Crippen LogP contribution in [0.5, 0.6) is 11.5 Å². The highest BCUT2D eigenvalue weighted by atomic mass is 16.7. The van der Waals surface area contributed by atoms with E-state index in [9.17, 15) is 9.59 Å². The van der Waals surface area contributed by atoms with Crippen LogP contribution in [0.3, 0.4) is 0 Å². The molecule has 0 saturated heterocycles. The van der Waals surface area contributed by atoms with Crippen LogP contribution in [0, 0.1) is 0 Å². The molecule has 1 aliphatic heterocycles. The van der Waals surface area contributed by atoms with Crippen molar-refractivity contribution < 1.29 is 23.8 Å². The fraction of sp³-hybridized carbons (Fsp3) is 0.320. The number of carbonyl (C=O) groups excluding carboxylic acids is 2. The molecule has 7 nitrogen and oxygen atoms in total. The largest absolute Gasteiger partial charge is 0.454 e. The Bertz CT molecular complexity index is 1210. The van der Waals surface area contributed by atoms with Crippen LogP contribution in [-0.4, -0.2) is 29.8 Å². The van der Waals surface area contributed by atoms with Gasteiger partial charge in [0.25, 0.3) is 5.91 Å². The predicted molar refractivity (Wildman–Crippen MR) is 118 cm³/mol. The second-order valence-corrected chi connectivity index (χ2v) is 8.09. The highest BCUT2D eigenvalue weighted by molar-refractivity contribution is 6.05. The van der Waals surface area contributed by atoms with E-state index in [1.54, 1.807) is 6.92 Å². The number of benzene rings is 2. The van der Waals surface area contributed by atoms with Gasteiger partial charge >= 0.3 is 5.97 Å². The van der Waals surface area contributed by atoms with Crippen LogP contribution in [-0.2, 0) is 28.9 Å². The number of nitrogens with zero attached hydrogens (tertiary/aromatic N) is 1. The van der Waals surface area contributed by atoms with Crippen LogP contribution < -0.4 is 14.8 Å². The lowest BCUT2D eigenvalue weighted by molar-refractivity contribution is -0.129. The third kappa shape index (κ3) is 3.86. The van der Waals surface area contributed by atoms with Gasteiger partial charge in [-0.2, -0.15) is 0 Å². The van der Waals surface area contributed by atoms with Gasteiger partial charge in [-0.15, -0.1) is 0 Å². The number of amides is 1. The number of ether oxygens (including phenoxy) is 3. The first-order chi connectivity index (χ1) is 15.6. The van der Waals surface area contributed by atoms with E-state index in [-0.39, 0.29) is 12.7 Å². The average Bonchev–Trinajstić information content (AvgIpc) is 3.28. The Morgan fingerprint density at radius 1 is 1.09 bits per heavy atom. The molecule has 0 bridgehead atoms. The van der Waals surface area contributed by atoms with Crippen molar-refractivity contribution in [2.75, 3.05) is 6.79 Å². The molecule has 1 unspecified atom stereocenters. The Morgan fingerprint density at radius 2 is 1.91 bits per heavy atom. The van der Waals surface area contributed by atoms with Crippen LogP contribution in [0.1, 0.15) is 46.9 Å². The summed E-state index contributed by atoms with van der Waals surface area (Å²) in [4.78, 5) is 30.6. The Morgan fingerprint density at radius 3 is 2.81 bits per heavy atom. The third-order valence-corrected chi connectivity index (χ3v) is 5.93. The van der Waals surface area contributed by atoms with E-state index in [0.717, 1.165) is 53.4 Å². The quantitative estimate of drug-likeness (QED) is 0.619. The minimum absolute atomic E-state index is 0.200. The molecule has 1 N–H and O–H groups in total. The highest BCUT2D eigenvalue weighted by Crippen LogP contribution is 2.32. The summed E-state index contributed by atoms with van der Waals surface area (Å²) in [5.74, 6) is 0.511. The summed E-state index contributed by atoms with van der Waals surface area (Å²) in [7, 11) is 0. The van der Waals surface area contributed by atoms with E-state index >= 15 is 0 Å². The molecule has 1 aliphatic carbocycles. The first-order valence-electron chi connectivity index (χ1n) is 10.9. The van der Waals surface area contributed by atoms with E-state index in [4.69, 9.17) is 19.2 Å². The monoisotopic (exact) mass is 432 g/mol. The normalized spacial score (nSPS) is 15.2. The highest BCUT2D eigenvalue weighted by Gasteiger charge is 2.26. The maximum atomic E-state index is 13.2. The van der Waals surface area contributed by atoms with Crippen LogP contribution >= 0.6 is 0 Å². The molecule has 0 fully saturated rings. The zero-order valence-electron chi connectivity index (χ0n) is 17.8. The summed E-state index contributed by atoms with van der Waals surface area (Å²) in [5, 5.41) is 3.59. The average molecular weight is 432 g/mol. The summed E-state index contributed by atoms with van der Waals surface area (Å²) in [6.45, 7) is 2.08. The van der Waals surface area contributed by atoms with Crippen molar-refractivity contribution in [1.82, 2.24) is 10.3 Å². The summed E-state index contributed by atoms with van der Waals surface area (Å²) in [5.41, 5.74) is 4.10. The van der Waals surface area contributed by atoms with Gasteiger partial charge in [-0.25, -0.2) is 4.79 Å². The van der Waals surface area contributed by atoms with Crippen molar-refractivity contribution in [3.05, 3.63) is 64.8 Å². The number of para-hydroxylation sites is 1. The van der Waals surface area contributed by atoms with Crippen molar-refractivity contribution in [2.24, 2.45) is 0 Å². The second-order valence-electron chi connectivity index (χ2n) is 8.09.